The molecule has 1 saturated heterocycles. The molecule has 0 unspecified atom stereocenters. The second-order valence-corrected chi connectivity index (χ2v) is 7.95. The molecule has 1 aromatic rings. The summed E-state index contributed by atoms with van der Waals surface area (Å²) in [5.41, 5.74) is -0.549. The maximum absolute atomic E-state index is 12.9. The number of urea groups is 1. The van der Waals surface area contributed by atoms with E-state index in [4.69, 9.17) is 16.3 Å². The minimum Gasteiger partial charge on any atom is -0.451 e. The van der Waals surface area contributed by atoms with Crippen molar-refractivity contribution < 1.29 is 23.9 Å². The van der Waals surface area contributed by atoms with Gasteiger partial charge in [0.1, 0.15) is 12.1 Å². The number of amides is 4. The van der Waals surface area contributed by atoms with Crippen molar-refractivity contribution in [2.45, 2.75) is 51.2 Å². The Balaban J connectivity index is 1.58. The first-order chi connectivity index (χ1) is 13.7. The number of hydrogen-bond donors (Lipinski definition) is 2. The molecule has 8 nitrogen and oxygen atoms in total. The molecule has 1 aromatic carbocycles. The van der Waals surface area contributed by atoms with E-state index in [-0.39, 0.29) is 5.92 Å². The third-order valence-corrected chi connectivity index (χ3v) is 5.93. The van der Waals surface area contributed by atoms with Crippen molar-refractivity contribution in [1.29, 1.82) is 0 Å². The van der Waals surface area contributed by atoms with Gasteiger partial charge in [0.15, 0.2) is 6.10 Å². The number of esters is 1. The molecule has 0 bridgehead atoms. The summed E-state index contributed by atoms with van der Waals surface area (Å²) in [6, 6.07) is 6.06. The first-order valence-corrected chi connectivity index (χ1v) is 10.0. The van der Waals surface area contributed by atoms with E-state index in [1.54, 1.807) is 24.3 Å². The standard InChI is InChI=1S/C20H24ClN3O5/c1-12-7-5-6-10-20(12)18(27)24(19(28)23-20)11-16(25)29-13(2)17(26)22-15-9-4-3-8-14(15)21/h3-4,8-9,12-13H,5-7,10-11H2,1-2H3,(H,22,26)(H,23,28)/t12-,13-,20-/m0/s1. The second kappa shape index (κ2) is 8.41. The Morgan fingerprint density at radius 1 is 1.34 bits per heavy atom. The zero-order valence-electron chi connectivity index (χ0n) is 16.4. The number of para-hydroxylation sites is 1. The molecule has 156 valence electrons. The van der Waals surface area contributed by atoms with Gasteiger partial charge in [0, 0.05) is 0 Å². The highest BCUT2D eigenvalue weighted by Crippen LogP contribution is 2.38. The lowest BCUT2D eigenvalue weighted by Gasteiger charge is -2.36. The number of benzene rings is 1. The van der Waals surface area contributed by atoms with Gasteiger partial charge >= 0.3 is 12.0 Å². The molecule has 1 aliphatic heterocycles. The number of imide groups is 1. The van der Waals surface area contributed by atoms with Crippen LogP contribution in [0.5, 0.6) is 0 Å². The summed E-state index contributed by atoms with van der Waals surface area (Å²) in [5.74, 6) is -1.81. The van der Waals surface area contributed by atoms with Gasteiger partial charge in [-0.1, -0.05) is 43.5 Å². The van der Waals surface area contributed by atoms with Gasteiger partial charge in [-0.15, -0.1) is 0 Å². The third-order valence-electron chi connectivity index (χ3n) is 5.60. The SMILES string of the molecule is C[C@H](OC(=O)CN1C(=O)N[C@]2(CCCC[C@@H]2C)C1=O)C(=O)Nc1ccccc1Cl. The number of nitrogens with one attached hydrogen (secondary N) is 2. The average Bonchev–Trinajstić information content (AvgIpc) is 2.91. The summed E-state index contributed by atoms with van der Waals surface area (Å²) in [4.78, 5) is 50.6. The number of carbonyl (C=O) groups excluding carboxylic acids is 4. The average molecular weight is 422 g/mol. The van der Waals surface area contributed by atoms with Crippen LogP contribution in [0.4, 0.5) is 10.5 Å². The van der Waals surface area contributed by atoms with Crippen LogP contribution in [0.15, 0.2) is 24.3 Å². The number of rotatable bonds is 5. The topological polar surface area (TPSA) is 105 Å². The summed E-state index contributed by atoms with van der Waals surface area (Å²) in [5, 5.41) is 5.70. The number of hydrogen-bond acceptors (Lipinski definition) is 5. The van der Waals surface area contributed by atoms with E-state index in [0.717, 1.165) is 24.2 Å². The van der Waals surface area contributed by atoms with Crippen LogP contribution in [0.3, 0.4) is 0 Å². The van der Waals surface area contributed by atoms with Gasteiger partial charge in [-0.2, -0.15) is 0 Å². The molecular formula is C20H24ClN3O5. The van der Waals surface area contributed by atoms with Crippen LogP contribution in [-0.2, 0) is 19.1 Å². The summed E-state index contributed by atoms with van der Waals surface area (Å²) in [6.45, 7) is 2.80. The van der Waals surface area contributed by atoms with Crippen molar-refractivity contribution in [2.24, 2.45) is 5.92 Å². The predicted molar refractivity (Wildman–Crippen MR) is 106 cm³/mol. The van der Waals surface area contributed by atoms with Crippen LogP contribution in [0.2, 0.25) is 5.02 Å². The second-order valence-electron chi connectivity index (χ2n) is 7.54. The molecule has 0 radical (unpaired) electrons. The lowest BCUT2D eigenvalue weighted by atomic mass is 9.73. The van der Waals surface area contributed by atoms with Crippen LogP contribution in [-0.4, -0.2) is 46.9 Å². The van der Waals surface area contributed by atoms with E-state index in [2.05, 4.69) is 10.6 Å². The van der Waals surface area contributed by atoms with Crippen LogP contribution in [0.1, 0.15) is 39.5 Å². The molecule has 4 amide bonds. The quantitative estimate of drug-likeness (QED) is 0.561. The molecule has 3 atom stereocenters. The van der Waals surface area contributed by atoms with Crippen LogP contribution in [0, 0.1) is 5.92 Å². The molecule has 1 spiro atoms. The molecule has 1 saturated carbocycles. The fraction of sp³-hybridized carbons (Fsp3) is 0.500. The maximum Gasteiger partial charge on any atom is 0.327 e. The summed E-state index contributed by atoms with van der Waals surface area (Å²) in [7, 11) is 0. The lowest BCUT2D eigenvalue weighted by molar-refractivity contribution is -0.155. The van der Waals surface area contributed by atoms with Crippen molar-refractivity contribution in [3.8, 4) is 0 Å². The predicted octanol–water partition coefficient (Wildman–Crippen LogP) is 2.71. The highest BCUT2D eigenvalue weighted by atomic mass is 35.5. The van der Waals surface area contributed by atoms with Crippen molar-refractivity contribution in [2.75, 3.05) is 11.9 Å². The Bertz CT molecular complexity index is 845. The Morgan fingerprint density at radius 3 is 2.76 bits per heavy atom. The Hall–Kier alpha value is -2.61. The lowest BCUT2D eigenvalue weighted by Crippen LogP contribution is -2.54. The van der Waals surface area contributed by atoms with E-state index >= 15 is 0 Å². The van der Waals surface area contributed by atoms with Crippen LogP contribution >= 0.6 is 11.6 Å². The molecule has 2 aliphatic rings. The number of halogens is 1. The van der Waals surface area contributed by atoms with Crippen molar-refractivity contribution in [3.05, 3.63) is 29.3 Å². The fourth-order valence-corrected chi connectivity index (χ4v) is 4.04. The zero-order valence-corrected chi connectivity index (χ0v) is 17.1. The molecule has 2 N–H and O–H groups in total. The fourth-order valence-electron chi connectivity index (χ4n) is 3.85. The number of nitrogens with zero attached hydrogens (tertiary/aromatic N) is 1. The van der Waals surface area contributed by atoms with Crippen molar-refractivity contribution in [1.82, 2.24) is 10.2 Å². The zero-order chi connectivity index (χ0) is 21.2. The Morgan fingerprint density at radius 2 is 2.07 bits per heavy atom. The smallest absolute Gasteiger partial charge is 0.327 e. The molecule has 1 heterocycles. The third kappa shape index (κ3) is 4.22. The van der Waals surface area contributed by atoms with E-state index < -0.39 is 42.0 Å². The number of ether oxygens (including phenoxy) is 1. The summed E-state index contributed by atoms with van der Waals surface area (Å²) >= 11 is 6.00. The highest BCUT2D eigenvalue weighted by Gasteiger charge is 2.55. The summed E-state index contributed by atoms with van der Waals surface area (Å²) in [6.07, 6.45) is 2.12. The molecule has 9 heteroatoms. The van der Waals surface area contributed by atoms with Gasteiger partial charge < -0.3 is 15.4 Å². The van der Waals surface area contributed by atoms with Crippen molar-refractivity contribution >= 4 is 41.1 Å². The van der Waals surface area contributed by atoms with Gasteiger partial charge in [0.05, 0.1) is 10.7 Å². The molecular weight excluding hydrogens is 398 g/mol. The molecule has 3 rings (SSSR count). The van der Waals surface area contributed by atoms with E-state index in [9.17, 15) is 19.2 Å². The Kier molecular flexibility index (Phi) is 6.12. The summed E-state index contributed by atoms with van der Waals surface area (Å²) < 4.78 is 5.12. The Labute approximate surface area is 173 Å². The maximum atomic E-state index is 12.9. The minimum atomic E-state index is -1.12. The first-order valence-electron chi connectivity index (χ1n) is 9.63. The monoisotopic (exact) mass is 421 g/mol. The molecule has 29 heavy (non-hydrogen) atoms. The van der Waals surface area contributed by atoms with Gasteiger partial charge in [-0.25, -0.2) is 4.79 Å². The van der Waals surface area contributed by atoms with Gasteiger partial charge in [-0.05, 0) is 37.8 Å². The number of carbonyl (C=O) groups is 4. The first kappa shape index (κ1) is 21.1. The molecule has 1 aliphatic carbocycles. The number of anilines is 1. The minimum absolute atomic E-state index is 0.00552. The normalized spacial score (nSPS) is 24.9. The van der Waals surface area contributed by atoms with E-state index in [1.807, 2.05) is 6.92 Å². The van der Waals surface area contributed by atoms with Crippen molar-refractivity contribution in [3.63, 3.8) is 0 Å². The van der Waals surface area contributed by atoms with Gasteiger partial charge in [-0.3, -0.25) is 19.3 Å². The van der Waals surface area contributed by atoms with Crippen LogP contribution < -0.4 is 10.6 Å². The van der Waals surface area contributed by atoms with Gasteiger partial charge in [0.2, 0.25) is 0 Å². The molecule has 2 fully saturated rings. The van der Waals surface area contributed by atoms with E-state index in [1.165, 1.54) is 6.92 Å². The largest absolute Gasteiger partial charge is 0.451 e. The van der Waals surface area contributed by atoms with Gasteiger partial charge in [0.25, 0.3) is 11.8 Å². The molecule has 0 aromatic heterocycles. The van der Waals surface area contributed by atoms with E-state index in [0.29, 0.717) is 17.1 Å². The highest BCUT2D eigenvalue weighted by molar-refractivity contribution is 6.33. The van der Waals surface area contributed by atoms with Crippen LogP contribution in [0.25, 0.3) is 0 Å².